The van der Waals surface area contributed by atoms with Gasteiger partial charge in [-0.05, 0) is 68.1 Å². The zero-order valence-electron chi connectivity index (χ0n) is 17.8. The normalized spacial score (nSPS) is 11.7. The fourth-order valence-corrected chi connectivity index (χ4v) is 3.09. The Hall–Kier alpha value is -2.62. The van der Waals surface area contributed by atoms with Gasteiger partial charge in [0.05, 0.1) is 17.2 Å². The molecule has 2 rings (SSSR count). The van der Waals surface area contributed by atoms with Gasteiger partial charge in [-0.15, -0.1) is 0 Å². The summed E-state index contributed by atoms with van der Waals surface area (Å²) in [7, 11) is 0. The van der Waals surface area contributed by atoms with Crippen LogP contribution in [0, 0.1) is 0 Å². The summed E-state index contributed by atoms with van der Waals surface area (Å²) in [5, 5.41) is 0. The number of unbranched alkanes of at least 4 members (excludes halogenated alkanes) is 3. The van der Waals surface area contributed by atoms with Crippen molar-refractivity contribution in [2.75, 3.05) is 0 Å². The first-order valence-corrected chi connectivity index (χ1v) is 10.7. The van der Waals surface area contributed by atoms with Crippen molar-refractivity contribution in [2.24, 2.45) is 0 Å². The maximum absolute atomic E-state index is 12.3. The standard InChI is InChI=1S/C25H32O4/c1-4-6-7-8-10-19(3)28-24(26)22-15-17-23(18-16-22)29-25(27)21-13-11-20(9-5-2)12-14-21/h11-19H,4-10H2,1-3H3. The van der Waals surface area contributed by atoms with Crippen molar-refractivity contribution in [3.05, 3.63) is 65.2 Å². The van der Waals surface area contributed by atoms with E-state index in [2.05, 4.69) is 13.8 Å². The highest BCUT2D eigenvalue weighted by molar-refractivity contribution is 5.92. The van der Waals surface area contributed by atoms with Crippen molar-refractivity contribution in [1.82, 2.24) is 0 Å². The van der Waals surface area contributed by atoms with Crippen molar-refractivity contribution >= 4 is 11.9 Å². The highest BCUT2D eigenvalue weighted by Crippen LogP contribution is 2.17. The van der Waals surface area contributed by atoms with Gasteiger partial charge >= 0.3 is 11.9 Å². The van der Waals surface area contributed by atoms with E-state index >= 15 is 0 Å². The van der Waals surface area contributed by atoms with E-state index in [-0.39, 0.29) is 12.1 Å². The monoisotopic (exact) mass is 396 g/mol. The van der Waals surface area contributed by atoms with Gasteiger partial charge in [0.25, 0.3) is 0 Å². The van der Waals surface area contributed by atoms with E-state index < -0.39 is 5.97 Å². The van der Waals surface area contributed by atoms with Crippen LogP contribution in [0.25, 0.3) is 0 Å². The molecular formula is C25H32O4. The molecule has 4 nitrogen and oxygen atoms in total. The van der Waals surface area contributed by atoms with Crippen LogP contribution in [0.4, 0.5) is 0 Å². The maximum atomic E-state index is 12.3. The number of aryl methyl sites for hydroxylation is 1. The largest absolute Gasteiger partial charge is 0.459 e. The Balaban J connectivity index is 1.85. The van der Waals surface area contributed by atoms with Crippen molar-refractivity contribution in [3.63, 3.8) is 0 Å². The Morgan fingerprint density at radius 1 is 0.793 bits per heavy atom. The quantitative estimate of drug-likeness (QED) is 0.251. The zero-order chi connectivity index (χ0) is 21.1. The third-order valence-corrected chi connectivity index (χ3v) is 4.80. The Labute approximate surface area is 174 Å². The SMILES string of the molecule is CCCCCCC(C)OC(=O)c1ccc(OC(=O)c2ccc(CCC)cc2)cc1. The van der Waals surface area contributed by atoms with Crippen molar-refractivity contribution < 1.29 is 19.1 Å². The van der Waals surface area contributed by atoms with Crippen LogP contribution in [-0.4, -0.2) is 18.0 Å². The first-order chi connectivity index (χ1) is 14.0. The predicted molar refractivity (Wildman–Crippen MR) is 115 cm³/mol. The van der Waals surface area contributed by atoms with E-state index in [0.29, 0.717) is 16.9 Å². The Morgan fingerprint density at radius 3 is 2.03 bits per heavy atom. The number of rotatable bonds is 11. The number of ether oxygens (including phenoxy) is 2. The second kappa shape index (κ2) is 12.1. The van der Waals surface area contributed by atoms with Crippen LogP contribution in [0.5, 0.6) is 5.75 Å². The predicted octanol–water partition coefficient (Wildman–Crippen LogP) is 6.37. The van der Waals surface area contributed by atoms with Crippen LogP contribution in [0.2, 0.25) is 0 Å². The van der Waals surface area contributed by atoms with Crippen LogP contribution >= 0.6 is 0 Å². The van der Waals surface area contributed by atoms with Crippen LogP contribution in [-0.2, 0) is 11.2 Å². The van der Waals surface area contributed by atoms with Crippen LogP contribution in [0.15, 0.2) is 48.5 Å². The van der Waals surface area contributed by atoms with Crippen LogP contribution in [0.1, 0.15) is 85.6 Å². The number of hydrogen-bond acceptors (Lipinski definition) is 4. The topological polar surface area (TPSA) is 52.6 Å². The van der Waals surface area contributed by atoms with E-state index in [9.17, 15) is 9.59 Å². The highest BCUT2D eigenvalue weighted by atomic mass is 16.5. The molecule has 29 heavy (non-hydrogen) atoms. The summed E-state index contributed by atoms with van der Waals surface area (Å²) in [5.74, 6) is -0.363. The molecule has 1 unspecified atom stereocenters. The molecule has 0 aliphatic rings. The number of esters is 2. The molecule has 0 aromatic heterocycles. The van der Waals surface area contributed by atoms with Gasteiger partial charge in [0.1, 0.15) is 5.75 Å². The Bertz CT molecular complexity index is 762. The lowest BCUT2D eigenvalue weighted by molar-refractivity contribution is 0.0319. The molecule has 0 saturated carbocycles. The average molecular weight is 397 g/mol. The van der Waals surface area contributed by atoms with E-state index in [1.165, 1.54) is 24.8 Å². The van der Waals surface area contributed by atoms with E-state index in [4.69, 9.17) is 9.47 Å². The van der Waals surface area contributed by atoms with Gasteiger partial charge in [-0.1, -0.05) is 51.7 Å². The molecule has 0 heterocycles. The summed E-state index contributed by atoms with van der Waals surface area (Å²) in [5.41, 5.74) is 2.16. The first-order valence-electron chi connectivity index (χ1n) is 10.7. The van der Waals surface area contributed by atoms with E-state index in [0.717, 1.165) is 25.7 Å². The minimum Gasteiger partial charge on any atom is -0.459 e. The molecule has 4 heteroatoms. The number of carbonyl (C=O) groups excluding carboxylic acids is 2. The average Bonchev–Trinajstić information content (AvgIpc) is 2.72. The summed E-state index contributed by atoms with van der Waals surface area (Å²) in [6, 6.07) is 13.9. The van der Waals surface area contributed by atoms with Gasteiger partial charge in [0.15, 0.2) is 0 Å². The molecule has 0 aliphatic heterocycles. The summed E-state index contributed by atoms with van der Waals surface area (Å²) in [4.78, 5) is 24.5. The molecule has 2 aromatic carbocycles. The van der Waals surface area contributed by atoms with Gasteiger partial charge in [0, 0.05) is 0 Å². The van der Waals surface area contributed by atoms with Crippen molar-refractivity contribution in [1.29, 1.82) is 0 Å². The summed E-state index contributed by atoms with van der Waals surface area (Å²) in [6.45, 7) is 6.22. The zero-order valence-corrected chi connectivity index (χ0v) is 17.8. The number of benzene rings is 2. The highest BCUT2D eigenvalue weighted by Gasteiger charge is 2.13. The van der Waals surface area contributed by atoms with Gasteiger partial charge in [0.2, 0.25) is 0 Å². The fraction of sp³-hybridized carbons (Fsp3) is 0.440. The van der Waals surface area contributed by atoms with Crippen molar-refractivity contribution in [3.8, 4) is 5.75 Å². The molecule has 0 amide bonds. The lowest BCUT2D eigenvalue weighted by atomic mass is 10.1. The minimum atomic E-state index is -0.413. The second-order valence-corrected chi connectivity index (χ2v) is 7.43. The Kier molecular flexibility index (Phi) is 9.42. The lowest BCUT2D eigenvalue weighted by Crippen LogP contribution is -2.15. The van der Waals surface area contributed by atoms with Crippen LogP contribution < -0.4 is 4.74 Å². The molecule has 0 bridgehead atoms. The minimum absolute atomic E-state index is 0.104. The van der Waals surface area contributed by atoms with E-state index in [1.54, 1.807) is 36.4 Å². The molecule has 2 aromatic rings. The van der Waals surface area contributed by atoms with Gasteiger partial charge in [-0.2, -0.15) is 0 Å². The molecule has 0 radical (unpaired) electrons. The molecule has 0 saturated heterocycles. The smallest absolute Gasteiger partial charge is 0.343 e. The molecule has 0 fully saturated rings. The molecular weight excluding hydrogens is 364 g/mol. The summed E-state index contributed by atoms with van der Waals surface area (Å²) >= 11 is 0. The summed E-state index contributed by atoms with van der Waals surface area (Å²) < 4.78 is 10.9. The number of carbonyl (C=O) groups is 2. The summed E-state index contributed by atoms with van der Waals surface area (Å²) in [6.07, 6.45) is 7.46. The molecule has 1 atom stereocenters. The maximum Gasteiger partial charge on any atom is 0.343 e. The molecule has 0 aliphatic carbocycles. The van der Waals surface area contributed by atoms with Gasteiger partial charge < -0.3 is 9.47 Å². The van der Waals surface area contributed by atoms with Crippen LogP contribution in [0.3, 0.4) is 0 Å². The third-order valence-electron chi connectivity index (χ3n) is 4.80. The number of hydrogen-bond donors (Lipinski definition) is 0. The lowest BCUT2D eigenvalue weighted by Gasteiger charge is -2.13. The van der Waals surface area contributed by atoms with Crippen molar-refractivity contribution in [2.45, 2.75) is 71.8 Å². The Morgan fingerprint density at radius 2 is 1.41 bits per heavy atom. The molecule has 0 spiro atoms. The fourth-order valence-electron chi connectivity index (χ4n) is 3.09. The second-order valence-electron chi connectivity index (χ2n) is 7.43. The molecule has 0 N–H and O–H groups in total. The molecule has 156 valence electrons. The first kappa shape index (κ1) is 22.7. The third kappa shape index (κ3) is 7.72. The van der Waals surface area contributed by atoms with Gasteiger partial charge in [-0.25, -0.2) is 9.59 Å². The van der Waals surface area contributed by atoms with Gasteiger partial charge in [-0.3, -0.25) is 0 Å². The van der Waals surface area contributed by atoms with E-state index in [1.807, 2.05) is 19.1 Å².